The smallest absolute Gasteiger partial charge is 0.368 e. The lowest BCUT2D eigenvalue weighted by Crippen LogP contribution is -2.26. The van der Waals surface area contributed by atoms with Gasteiger partial charge in [0.2, 0.25) is 11.1 Å². The second-order valence-electron chi connectivity index (χ2n) is 5.97. The molecule has 0 fully saturated rings. The molecule has 1 aromatic heterocycles. The van der Waals surface area contributed by atoms with Crippen LogP contribution in [0.5, 0.6) is 5.75 Å². The van der Waals surface area contributed by atoms with E-state index in [0.29, 0.717) is 22.2 Å². The number of aryl methyl sites for hydroxylation is 3. The fourth-order valence-corrected chi connectivity index (χ4v) is 2.87. The van der Waals surface area contributed by atoms with E-state index in [1.165, 1.54) is 10.7 Å². The van der Waals surface area contributed by atoms with E-state index in [-0.39, 0.29) is 5.69 Å². The molecule has 0 radical (unpaired) electrons. The summed E-state index contributed by atoms with van der Waals surface area (Å²) in [5.74, 6) is -0.364. The molecule has 0 aliphatic carbocycles. The Balaban J connectivity index is 2.06. The Kier molecular flexibility index (Phi) is 4.91. The Morgan fingerprint density at radius 2 is 1.69 bits per heavy atom. The minimum absolute atomic E-state index is 0.293. The number of hydrogen-bond acceptors (Lipinski definition) is 4. The largest absolute Gasteiger partial charge is 0.421 e. The Bertz CT molecular complexity index is 1040. The molecule has 1 heterocycles. The van der Waals surface area contributed by atoms with Crippen LogP contribution in [-0.2, 0) is 0 Å². The van der Waals surface area contributed by atoms with Gasteiger partial charge in [0, 0.05) is 11.8 Å². The zero-order valence-corrected chi connectivity index (χ0v) is 15.4. The molecule has 0 aliphatic rings. The van der Waals surface area contributed by atoms with Gasteiger partial charge in [0.05, 0.1) is 10.7 Å². The quantitative estimate of drug-likeness (QED) is 0.517. The number of carbonyl (C=O) groups is 1. The van der Waals surface area contributed by atoms with Crippen LogP contribution >= 0.6 is 11.6 Å². The average Bonchev–Trinajstić information content (AvgIpc) is 2.59. The lowest BCUT2D eigenvalue weighted by Gasteiger charge is -2.13. The van der Waals surface area contributed by atoms with E-state index in [2.05, 4.69) is 5.10 Å². The summed E-state index contributed by atoms with van der Waals surface area (Å²) in [5.41, 5.74) is 1.95. The van der Waals surface area contributed by atoms with Crippen molar-refractivity contribution in [2.75, 3.05) is 0 Å². The Hall–Kier alpha value is -2.92. The minimum Gasteiger partial charge on any atom is -0.421 e. The van der Waals surface area contributed by atoms with Crippen LogP contribution in [0, 0.1) is 20.8 Å². The summed E-state index contributed by atoms with van der Waals surface area (Å²) < 4.78 is 6.92. The first-order valence-corrected chi connectivity index (χ1v) is 8.40. The van der Waals surface area contributed by atoms with Crippen molar-refractivity contribution in [2.24, 2.45) is 0 Å². The molecule has 0 spiro atoms. The maximum Gasteiger partial charge on any atom is 0.368 e. The predicted molar refractivity (Wildman–Crippen MR) is 100 cm³/mol. The molecule has 0 N–H and O–H groups in total. The first-order valence-electron chi connectivity index (χ1n) is 8.03. The number of para-hydroxylation sites is 2. The van der Waals surface area contributed by atoms with Crippen LogP contribution in [0.2, 0.25) is 5.02 Å². The van der Waals surface area contributed by atoms with E-state index in [0.717, 1.165) is 11.1 Å². The maximum atomic E-state index is 12.6. The number of rotatable bonds is 3. The normalized spacial score (nSPS) is 10.6. The Morgan fingerprint density at radius 3 is 2.35 bits per heavy atom. The SMILES string of the molecule is Cc1cccc(C)c1OC(=O)c1nn(-c2ccccc2Cl)c(C)cc1=O. The zero-order valence-electron chi connectivity index (χ0n) is 14.6. The molecule has 3 rings (SSSR count). The van der Waals surface area contributed by atoms with Gasteiger partial charge in [-0.05, 0) is 44.0 Å². The van der Waals surface area contributed by atoms with E-state index in [9.17, 15) is 9.59 Å². The van der Waals surface area contributed by atoms with Crippen molar-refractivity contribution in [1.29, 1.82) is 0 Å². The van der Waals surface area contributed by atoms with E-state index in [4.69, 9.17) is 16.3 Å². The Morgan fingerprint density at radius 1 is 1.04 bits per heavy atom. The topological polar surface area (TPSA) is 61.2 Å². The maximum absolute atomic E-state index is 12.6. The lowest BCUT2D eigenvalue weighted by molar-refractivity contribution is 0.0722. The van der Waals surface area contributed by atoms with Crippen molar-refractivity contribution in [2.45, 2.75) is 20.8 Å². The molecule has 0 aliphatic heterocycles. The number of carbonyl (C=O) groups excluding carboxylic acids is 1. The van der Waals surface area contributed by atoms with Crippen molar-refractivity contribution in [3.05, 3.63) is 86.3 Å². The molecule has 5 nitrogen and oxygen atoms in total. The number of hydrogen-bond donors (Lipinski definition) is 0. The molecule has 26 heavy (non-hydrogen) atoms. The first kappa shape index (κ1) is 17.9. The number of halogens is 1. The highest BCUT2D eigenvalue weighted by Crippen LogP contribution is 2.23. The number of ether oxygens (including phenoxy) is 1. The number of nitrogens with zero attached hydrogens (tertiary/aromatic N) is 2. The van der Waals surface area contributed by atoms with Gasteiger partial charge in [-0.1, -0.05) is 41.9 Å². The number of benzene rings is 2. The molecule has 0 bridgehead atoms. The van der Waals surface area contributed by atoms with Crippen molar-refractivity contribution in [3.8, 4) is 11.4 Å². The van der Waals surface area contributed by atoms with Gasteiger partial charge < -0.3 is 4.74 Å². The lowest BCUT2D eigenvalue weighted by atomic mass is 10.1. The van der Waals surface area contributed by atoms with Crippen LogP contribution < -0.4 is 10.2 Å². The molecule has 0 atom stereocenters. The molecule has 0 amide bonds. The zero-order chi connectivity index (χ0) is 18.8. The standard InChI is InChI=1S/C20H17ClN2O3/c1-12-7-6-8-13(2)19(12)26-20(25)18-17(24)11-14(3)23(22-18)16-10-5-4-9-15(16)21/h4-11H,1-3H3. The van der Waals surface area contributed by atoms with E-state index in [1.54, 1.807) is 31.2 Å². The van der Waals surface area contributed by atoms with Crippen molar-refractivity contribution < 1.29 is 9.53 Å². The highest BCUT2D eigenvalue weighted by molar-refractivity contribution is 6.32. The molecule has 2 aromatic carbocycles. The van der Waals surface area contributed by atoms with Gasteiger partial charge in [0.1, 0.15) is 5.75 Å². The van der Waals surface area contributed by atoms with Gasteiger partial charge in [-0.15, -0.1) is 0 Å². The third-order valence-electron chi connectivity index (χ3n) is 3.98. The summed E-state index contributed by atoms with van der Waals surface area (Å²) >= 11 is 6.22. The van der Waals surface area contributed by atoms with Crippen LogP contribution in [0.1, 0.15) is 27.3 Å². The summed E-state index contributed by atoms with van der Waals surface area (Å²) in [6.45, 7) is 5.39. The minimum atomic E-state index is -0.798. The number of aromatic nitrogens is 2. The van der Waals surface area contributed by atoms with Crippen LogP contribution in [0.25, 0.3) is 5.69 Å². The summed E-state index contributed by atoms with van der Waals surface area (Å²) in [6.07, 6.45) is 0. The highest BCUT2D eigenvalue weighted by atomic mass is 35.5. The van der Waals surface area contributed by atoms with Crippen molar-refractivity contribution in [1.82, 2.24) is 9.78 Å². The molecule has 132 valence electrons. The van der Waals surface area contributed by atoms with Gasteiger partial charge in [-0.25, -0.2) is 9.48 Å². The third-order valence-corrected chi connectivity index (χ3v) is 4.30. The predicted octanol–water partition coefficient (Wildman–Crippen LogP) is 4.03. The average molecular weight is 369 g/mol. The van der Waals surface area contributed by atoms with Crippen LogP contribution in [-0.4, -0.2) is 15.7 Å². The molecular formula is C20H17ClN2O3. The monoisotopic (exact) mass is 368 g/mol. The molecule has 0 saturated carbocycles. The third kappa shape index (κ3) is 3.39. The summed E-state index contributed by atoms with van der Waals surface area (Å²) in [5, 5.41) is 4.66. The summed E-state index contributed by atoms with van der Waals surface area (Å²) in [6, 6.07) is 13.9. The van der Waals surface area contributed by atoms with Gasteiger partial charge in [0.15, 0.2) is 0 Å². The van der Waals surface area contributed by atoms with Crippen LogP contribution in [0.15, 0.2) is 53.3 Å². The van der Waals surface area contributed by atoms with E-state index < -0.39 is 11.4 Å². The molecular weight excluding hydrogens is 352 g/mol. The van der Waals surface area contributed by atoms with E-state index in [1.807, 2.05) is 32.0 Å². The van der Waals surface area contributed by atoms with Gasteiger partial charge in [-0.3, -0.25) is 4.79 Å². The second kappa shape index (κ2) is 7.14. The van der Waals surface area contributed by atoms with Crippen molar-refractivity contribution in [3.63, 3.8) is 0 Å². The van der Waals surface area contributed by atoms with Crippen molar-refractivity contribution >= 4 is 17.6 Å². The first-order chi connectivity index (χ1) is 12.4. The summed E-state index contributed by atoms with van der Waals surface area (Å²) in [4.78, 5) is 24.9. The summed E-state index contributed by atoms with van der Waals surface area (Å²) in [7, 11) is 0. The molecule has 0 saturated heterocycles. The van der Waals surface area contributed by atoms with Gasteiger partial charge >= 0.3 is 5.97 Å². The Labute approximate surface area is 155 Å². The van der Waals surface area contributed by atoms with Crippen LogP contribution in [0.4, 0.5) is 0 Å². The number of esters is 1. The molecule has 3 aromatic rings. The highest BCUT2D eigenvalue weighted by Gasteiger charge is 2.19. The van der Waals surface area contributed by atoms with Gasteiger partial charge in [-0.2, -0.15) is 5.10 Å². The van der Waals surface area contributed by atoms with Crippen LogP contribution in [0.3, 0.4) is 0 Å². The second-order valence-corrected chi connectivity index (χ2v) is 6.38. The molecule has 0 unspecified atom stereocenters. The van der Waals surface area contributed by atoms with E-state index >= 15 is 0 Å². The van der Waals surface area contributed by atoms with Gasteiger partial charge in [0.25, 0.3) is 0 Å². The molecule has 6 heteroatoms. The fourth-order valence-electron chi connectivity index (χ4n) is 2.66. The fraction of sp³-hybridized carbons (Fsp3) is 0.150.